The number of primary amides is 1. The Morgan fingerprint density at radius 1 is 1.31 bits per heavy atom. The molecule has 0 radical (unpaired) electrons. The summed E-state index contributed by atoms with van der Waals surface area (Å²) in [6.07, 6.45) is 0.205. The summed E-state index contributed by atoms with van der Waals surface area (Å²) in [6, 6.07) is 3.43. The third kappa shape index (κ3) is 2.11. The summed E-state index contributed by atoms with van der Waals surface area (Å²) in [4.78, 5) is 10.7. The molecule has 0 atom stereocenters. The van der Waals surface area contributed by atoms with Gasteiger partial charge in [0.25, 0.3) is 0 Å². The Bertz CT molecular complexity index is 347. The van der Waals surface area contributed by atoms with Crippen LogP contribution in [0.15, 0.2) is 12.1 Å². The van der Waals surface area contributed by atoms with Crippen molar-refractivity contribution in [2.45, 2.75) is 13.3 Å². The van der Waals surface area contributed by atoms with E-state index in [0.717, 1.165) is 11.1 Å². The number of hydrogen-bond donors (Lipinski definition) is 3. The molecule has 1 amide bonds. The predicted octanol–water partition coefficient (Wildman–Crippen LogP) is 0.187. The van der Waals surface area contributed by atoms with E-state index >= 15 is 0 Å². The van der Waals surface area contributed by atoms with E-state index in [9.17, 15) is 4.79 Å². The molecule has 13 heavy (non-hydrogen) atoms. The lowest BCUT2D eigenvalue weighted by Crippen LogP contribution is -2.14. The molecular formula is C9H13N3O. The number of nitrogens with two attached hydrogens (primary N) is 3. The van der Waals surface area contributed by atoms with Gasteiger partial charge in [0.1, 0.15) is 0 Å². The fraction of sp³-hybridized carbons (Fsp3) is 0.222. The predicted molar refractivity (Wildman–Crippen MR) is 52.9 cm³/mol. The van der Waals surface area contributed by atoms with Gasteiger partial charge >= 0.3 is 0 Å². The molecule has 0 spiro atoms. The highest BCUT2D eigenvalue weighted by Gasteiger charge is 2.05. The molecule has 0 aliphatic carbocycles. The summed E-state index contributed by atoms with van der Waals surface area (Å²) in [6.45, 7) is 1.87. The Labute approximate surface area is 76.7 Å². The zero-order chi connectivity index (χ0) is 10.0. The second kappa shape index (κ2) is 3.35. The van der Waals surface area contributed by atoms with Gasteiger partial charge in [-0.3, -0.25) is 4.79 Å². The average molecular weight is 179 g/mol. The quantitative estimate of drug-likeness (QED) is 0.565. The lowest BCUT2D eigenvalue weighted by Gasteiger charge is -2.07. The first-order valence-electron chi connectivity index (χ1n) is 3.93. The molecule has 6 N–H and O–H groups in total. The molecule has 0 fully saturated rings. The standard InChI is InChI=1S/C9H13N3O/c1-5-2-7(10)8(11)3-6(5)4-9(12)13/h2-3H,4,10-11H2,1H3,(H2,12,13). The zero-order valence-corrected chi connectivity index (χ0v) is 7.50. The van der Waals surface area contributed by atoms with Gasteiger partial charge in [0, 0.05) is 0 Å². The molecule has 70 valence electrons. The number of nitrogen functional groups attached to an aromatic ring is 2. The second-order valence-corrected chi connectivity index (χ2v) is 3.05. The van der Waals surface area contributed by atoms with E-state index < -0.39 is 0 Å². The molecule has 0 heterocycles. The minimum absolute atomic E-state index is 0.205. The van der Waals surface area contributed by atoms with Crippen molar-refractivity contribution < 1.29 is 4.79 Å². The minimum Gasteiger partial charge on any atom is -0.397 e. The van der Waals surface area contributed by atoms with Crippen LogP contribution in [0.4, 0.5) is 11.4 Å². The van der Waals surface area contributed by atoms with Crippen LogP contribution >= 0.6 is 0 Å². The highest BCUT2D eigenvalue weighted by Crippen LogP contribution is 2.20. The fourth-order valence-corrected chi connectivity index (χ4v) is 1.17. The van der Waals surface area contributed by atoms with E-state index in [1.807, 2.05) is 6.92 Å². The Hall–Kier alpha value is -1.71. The summed E-state index contributed by atoms with van der Waals surface area (Å²) in [7, 11) is 0. The van der Waals surface area contributed by atoms with Gasteiger partial charge in [-0.05, 0) is 30.2 Å². The van der Waals surface area contributed by atoms with E-state index in [0.29, 0.717) is 11.4 Å². The van der Waals surface area contributed by atoms with Gasteiger partial charge in [-0.1, -0.05) is 0 Å². The highest BCUT2D eigenvalue weighted by molar-refractivity contribution is 5.78. The maximum absolute atomic E-state index is 10.7. The number of hydrogen-bond acceptors (Lipinski definition) is 3. The molecule has 1 aromatic rings. The molecule has 0 saturated heterocycles. The van der Waals surface area contributed by atoms with Crippen molar-refractivity contribution in [1.82, 2.24) is 0 Å². The largest absolute Gasteiger partial charge is 0.397 e. The van der Waals surface area contributed by atoms with Crippen LogP contribution in [-0.4, -0.2) is 5.91 Å². The van der Waals surface area contributed by atoms with Crippen LogP contribution in [0.2, 0.25) is 0 Å². The van der Waals surface area contributed by atoms with Crippen LogP contribution in [0.3, 0.4) is 0 Å². The van der Waals surface area contributed by atoms with Crippen molar-refractivity contribution in [3.8, 4) is 0 Å². The topological polar surface area (TPSA) is 95.1 Å². The Kier molecular flexibility index (Phi) is 2.41. The lowest BCUT2D eigenvalue weighted by molar-refractivity contribution is -0.117. The molecule has 0 aromatic heterocycles. The fourth-order valence-electron chi connectivity index (χ4n) is 1.17. The molecular weight excluding hydrogens is 166 g/mol. The number of carbonyl (C=O) groups is 1. The van der Waals surface area contributed by atoms with Gasteiger partial charge in [-0.25, -0.2) is 0 Å². The number of amides is 1. The number of carbonyl (C=O) groups excluding carboxylic acids is 1. The first kappa shape index (κ1) is 9.38. The molecule has 4 heteroatoms. The van der Waals surface area contributed by atoms with Gasteiger partial charge in [0.15, 0.2) is 0 Å². The number of benzene rings is 1. The van der Waals surface area contributed by atoms with Crippen LogP contribution in [0, 0.1) is 6.92 Å². The third-order valence-electron chi connectivity index (χ3n) is 1.91. The number of rotatable bonds is 2. The molecule has 1 rings (SSSR count). The molecule has 1 aromatic carbocycles. The average Bonchev–Trinajstić information content (AvgIpc) is 1.99. The number of anilines is 2. The Morgan fingerprint density at radius 3 is 2.38 bits per heavy atom. The third-order valence-corrected chi connectivity index (χ3v) is 1.91. The van der Waals surface area contributed by atoms with Gasteiger partial charge in [0.2, 0.25) is 5.91 Å². The van der Waals surface area contributed by atoms with Crippen molar-refractivity contribution in [2.24, 2.45) is 5.73 Å². The molecule has 0 aliphatic rings. The van der Waals surface area contributed by atoms with Crippen molar-refractivity contribution in [2.75, 3.05) is 11.5 Å². The van der Waals surface area contributed by atoms with Crippen molar-refractivity contribution in [3.63, 3.8) is 0 Å². The Balaban J connectivity index is 3.08. The maximum Gasteiger partial charge on any atom is 0.221 e. The molecule has 0 bridgehead atoms. The summed E-state index contributed by atoms with van der Waals surface area (Å²) >= 11 is 0. The van der Waals surface area contributed by atoms with E-state index in [-0.39, 0.29) is 12.3 Å². The number of aryl methyl sites for hydroxylation is 1. The van der Waals surface area contributed by atoms with Gasteiger partial charge < -0.3 is 17.2 Å². The summed E-state index contributed by atoms with van der Waals surface area (Å²) in [5.41, 5.74) is 19.0. The van der Waals surface area contributed by atoms with Crippen molar-refractivity contribution in [3.05, 3.63) is 23.3 Å². The van der Waals surface area contributed by atoms with Gasteiger partial charge in [-0.15, -0.1) is 0 Å². The van der Waals surface area contributed by atoms with E-state index in [1.165, 1.54) is 0 Å². The van der Waals surface area contributed by atoms with Crippen molar-refractivity contribution >= 4 is 17.3 Å². The van der Waals surface area contributed by atoms with Gasteiger partial charge in [-0.2, -0.15) is 0 Å². The van der Waals surface area contributed by atoms with Crippen LogP contribution in [0.5, 0.6) is 0 Å². The van der Waals surface area contributed by atoms with Crippen molar-refractivity contribution in [1.29, 1.82) is 0 Å². The van der Waals surface area contributed by atoms with E-state index in [4.69, 9.17) is 17.2 Å². The van der Waals surface area contributed by atoms with E-state index in [1.54, 1.807) is 12.1 Å². The SMILES string of the molecule is Cc1cc(N)c(N)cc1CC(N)=O. The zero-order valence-electron chi connectivity index (χ0n) is 7.50. The molecule has 0 unspecified atom stereocenters. The smallest absolute Gasteiger partial charge is 0.221 e. The minimum atomic E-state index is -0.368. The lowest BCUT2D eigenvalue weighted by atomic mass is 10.0. The van der Waals surface area contributed by atoms with Crippen LogP contribution < -0.4 is 17.2 Å². The summed E-state index contributed by atoms with van der Waals surface area (Å²) < 4.78 is 0. The first-order chi connectivity index (χ1) is 6.00. The molecule has 4 nitrogen and oxygen atoms in total. The molecule has 0 saturated carbocycles. The normalized spacial score (nSPS) is 9.92. The second-order valence-electron chi connectivity index (χ2n) is 3.05. The van der Waals surface area contributed by atoms with Crippen LogP contribution in [0.1, 0.15) is 11.1 Å². The summed E-state index contributed by atoms with van der Waals surface area (Å²) in [5, 5.41) is 0. The van der Waals surface area contributed by atoms with E-state index in [2.05, 4.69) is 0 Å². The summed E-state index contributed by atoms with van der Waals surface area (Å²) in [5.74, 6) is -0.368. The molecule has 0 aliphatic heterocycles. The van der Waals surface area contributed by atoms with Crippen LogP contribution in [0.25, 0.3) is 0 Å². The van der Waals surface area contributed by atoms with Crippen LogP contribution in [-0.2, 0) is 11.2 Å². The first-order valence-corrected chi connectivity index (χ1v) is 3.93. The monoisotopic (exact) mass is 179 g/mol. The Morgan fingerprint density at radius 2 is 1.85 bits per heavy atom. The highest BCUT2D eigenvalue weighted by atomic mass is 16.1. The van der Waals surface area contributed by atoms with Gasteiger partial charge in [0.05, 0.1) is 17.8 Å². The maximum atomic E-state index is 10.7.